The van der Waals surface area contributed by atoms with Crippen LogP contribution in [0.2, 0.25) is 0 Å². The molecule has 0 aliphatic carbocycles. The van der Waals surface area contributed by atoms with E-state index >= 15 is 0 Å². The van der Waals surface area contributed by atoms with Gasteiger partial charge >= 0.3 is 5.97 Å². The second-order valence-corrected chi connectivity index (χ2v) is 6.95. The third-order valence-electron chi connectivity index (χ3n) is 3.27. The molecule has 0 spiro atoms. The molecule has 1 aromatic heterocycles. The van der Waals surface area contributed by atoms with Crippen LogP contribution in [0.5, 0.6) is 0 Å². The topological polar surface area (TPSA) is 57.6 Å². The van der Waals surface area contributed by atoms with Crippen molar-refractivity contribution in [2.75, 3.05) is 19.1 Å². The van der Waals surface area contributed by atoms with Crippen molar-refractivity contribution in [2.24, 2.45) is 0 Å². The number of aliphatic carboxylic acids is 1. The van der Waals surface area contributed by atoms with Gasteiger partial charge in [-0.05, 0) is 50.0 Å². The minimum absolute atomic E-state index is 0.00771. The van der Waals surface area contributed by atoms with Gasteiger partial charge in [-0.1, -0.05) is 0 Å². The molecule has 0 aliphatic rings. The van der Waals surface area contributed by atoms with Crippen LogP contribution in [0, 0.1) is 6.92 Å². The molecular formula is C15H21NO3S2. The van der Waals surface area contributed by atoms with E-state index in [1.165, 1.54) is 17.4 Å². The van der Waals surface area contributed by atoms with Crippen LogP contribution < -0.4 is 0 Å². The average Bonchev–Trinajstić information content (AvgIpc) is 2.82. The molecule has 1 aromatic rings. The third-order valence-corrected chi connectivity index (χ3v) is 5.10. The number of carboxylic acids is 1. The summed E-state index contributed by atoms with van der Waals surface area (Å²) in [5.74, 6) is 0.0275. The van der Waals surface area contributed by atoms with Gasteiger partial charge in [0.25, 0.3) is 5.91 Å². The quantitative estimate of drug-likeness (QED) is 0.780. The summed E-state index contributed by atoms with van der Waals surface area (Å²) in [7, 11) is 1.81. The maximum Gasteiger partial charge on any atom is 0.328 e. The summed E-state index contributed by atoms with van der Waals surface area (Å²) < 4.78 is 0. The second-order valence-electron chi connectivity index (χ2n) is 4.88. The lowest BCUT2D eigenvalue weighted by Gasteiger charge is -2.24. The van der Waals surface area contributed by atoms with Crippen LogP contribution in [-0.2, 0) is 4.79 Å². The third kappa shape index (κ3) is 5.21. The number of rotatable bonds is 7. The minimum Gasteiger partial charge on any atom is -0.478 e. The SMILES string of the molecule is CSCCC(C)N(C)C(=O)c1cc(C)c(/C=C/C(=O)O)s1. The molecule has 1 heterocycles. The van der Waals surface area contributed by atoms with Crippen LogP contribution in [0.4, 0.5) is 0 Å². The van der Waals surface area contributed by atoms with Crippen molar-refractivity contribution in [1.29, 1.82) is 0 Å². The van der Waals surface area contributed by atoms with E-state index in [1.807, 2.05) is 27.0 Å². The molecule has 0 radical (unpaired) electrons. The zero-order valence-corrected chi connectivity index (χ0v) is 14.4. The van der Waals surface area contributed by atoms with Gasteiger partial charge < -0.3 is 10.0 Å². The van der Waals surface area contributed by atoms with Gasteiger partial charge in [-0.15, -0.1) is 11.3 Å². The Morgan fingerprint density at radius 2 is 2.19 bits per heavy atom. The van der Waals surface area contributed by atoms with Gasteiger partial charge in [0.15, 0.2) is 0 Å². The number of thiophene rings is 1. The van der Waals surface area contributed by atoms with E-state index in [9.17, 15) is 9.59 Å². The Morgan fingerprint density at radius 1 is 1.52 bits per heavy atom. The summed E-state index contributed by atoms with van der Waals surface area (Å²) >= 11 is 3.10. The highest BCUT2D eigenvalue weighted by Gasteiger charge is 2.19. The Balaban J connectivity index is 2.83. The number of thioether (sulfide) groups is 1. The molecule has 0 aromatic carbocycles. The Labute approximate surface area is 133 Å². The van der Waals surface area contributed by atoms with Gasteiger partial charge in [0, 0.05) is 24.0 Å². The van der Waals surface area contributed by atoms with Gasteiger partial charge in [0.05, 0.1) is 4.88 Å². The highest BCUT2D eigenvalue weighted by molar-refractivity contribution is 7.98. The molecule has 0 aliphatic heterocycles. The number of aryl methyl sites for hydroxylation is 1. The first kappa shape index (κ1) is 17.8. The fraction of sp³-hybridized carbons (Fsp3) is 0.467. The number of hydrogen-bond donors (Lipinski definition) is 1. The molecular weight excluding hydrogens is 306 g/mol. The van der Waals surface area contributed by atoms with E-state index < -0.39 is 5.97 Å². The van der Waals surface area contributed by atoms with Crippen molar-refractivity contribution >= 4 is 41.1 Å². The minimum atomic E-state index is -0.988. The van der Waals surface area contributed by atoms with Crippen molar-refractivity contribution in [3.8, 4) is 0 Å². The van der Waals surface area contributed by atoms with E-state index in [-0.39, 0.29) is 11.9 Å². The lowest BCUT2D eigenvalue weighted by atomic mass is 10.2. The van der Waals surface area contributed by atoms with E-state index in [0.29, 0.717) is 4.88 Å². The summed E-state index contributed by atoms with van der Waals surface area (Å²) in [6.07, 6.45) is 5.64. The number of carboxylic acid groups (broad SMARTS) is 1. The number of amides is 1. The van der Waals surface area contributed by atoms with Gasteiger partial charge in [0.1, 0.15) is 0 Å². The predicted octanol–water partition coefficient (Wildman–Crippen LogP) is 3.37. The first-order valence-corrected chi connectivity index (χ1v) is 8.85. The van der Waals surface area contributed by atoms with Crippen LogP contribution in [-0.4, -0.2) is 47.0 Å². The molecule has 1 unspecified atom stereocenters. The molecule has 6 heteroatoms. The molecule has 1 amide bonds. The molecule has 0 saturated heterocycles. The van der Waals surface area contributed by atoms with E-state index in [1.54, 1.807) is 16.7 Å². The monoisotopic (exact) mass is 327 g/mol. The Bertz CT molecular complexity index is 537. The molecule has 0 bridgehead atoms. The number of carbonyl (C=O) groups is 2. The molecule has 4 nitrogen and oxygen atoms in total. The lowest BCUT2D eigenvalue weighted by Crippen LogP contribution is -2.35. The molecule has 1 rings (SSSR count). The van der Waals surface area contributed by atoms with Crippen LogP contribution in [0.1, 0.15) is 33.5 Å². The molecule has 116 valence electrons. The van der Waals surface area contributed by atoms with Crippen LogP contribution in [0.15, 0.2) is 12.1 Å². The average molecular weight is 327 g/mol. The zero-order valence-electron chi connectivity index (χ0n) is 12.8. The second kappa shape index (κ2) is 8.24. The summed E-state index contributed by atoms with van der Waals surface area (Å²) in [5, 5.41) is 8.67. The molecule has 1 N–H and O–H groups in total. The number of nitrogens with zero attached hydrogens (tertiary/aromatic N) is 1. The first-order valence-electron chi connectivity index (χ1n) is 6.64. The Morgan fingerprint density at radius 3 is 2.76 bits per heavy atom. The highest BCUT2D eigenvalue weighted by Crippen LogP contribution is 2.25. The van der Waals surface area contributed by atoms with Crippen molar-refractivity contribution < 1.29 is 14.7 Å². The number of carbonyl (C=O) groups excluding carboxylic acids is 1. The molecule has 0 saturated carbocycles. The Hall–Kier alpha value is -1.27. The summed E-state index contributed by atoms with van der Waals surface area (Å²) in [5.41, 5.74) is 0.922. The molecule has 21 heavy (non-hydrogen) atoms. The summed E-state index contributed by atoms with van der Waals surface area (Å²) in [4.78, 5) is 26.2. The van der Waals surface area contributed by atoms with E-state index in [0.717, 1.165) is 28.7 Å². The summed E-state index contributed by atoms with van der Waals surface area (Å²) in [6.45, 7) is 3.92. The van der Waals surface area contributed by atoms with Gasteiger partial charge in [-0.25, -0.2) is 4.79 Å². The molecule has 1 atom stereocenters. The summed E-state index contributed by atoms with van der Waals surface area (Å²) in [6, 6.07) is 2.01. The standard InChI is InChI=1S/C15H21NO3S2/c1-10-9-13(21-12(10)5-6-14(17)18)15(19)16(3)11(2)7-8-20-4/h5-6,9,11H,7-8H2,1-4H3,(H,17,18)/b6-5+. The normalized spacial score (nSPS) is 12.6. The predicted molar refractivity (Wildman–Crippen MR) is 90.3 cm³/mol. The van der Waals surface area contributed by atoms with Gasteiger partial charge in [0.2, 0.25) is 0 Å². The fourth-order valence-electron chi connectivity index (χ4n) is 1.77. The van der Waals surface area contributed by atoms with Crippen LogP contribution in [0.25, 0.3) is 6.08 Å². The van der Waals surface area contributed by atoms with Crippen LogP contribution in [0.3, 0.4) is 0 Å². The van der Waals surface area contributed by atoms with Gasteiger partial charge in [-0.2, -0.15) is 11.8 Å². The van der Waals surface area contributed by atoms with Gasteiger partial charge in [-0.3, -0.25) is 4.79 Å². The van der Waals surface area contributed by atoms with E-state index in [2.05, 4.69) is 6.26 Å². The number of hydrogen-bond acceptors (Lipinski definition) is 4. The first-order chi connectivity index (χ1) is 9.86. The van der Waals surface area contributed by atoms with Crippen LogP contribution >= 0.6 is 23.1 Å². The van der Waals surface area contributed by atoms with Crippen molar-refractivity contribution in [2.45, 2.75) is 26.3 Å². The van der Waals surface area contributed by atoms with Crippen molar-refractivity contribution in [3.63, 3.8) is 0 Å². The Kier molecular flexibility index (Phi) is 6.98. The molecule has 0 fully saturated rings. The largest absolute Gasteiger partial charge is 0.478 e. The smallest absolute Gasteiger partial charge is 0.328 e. The highest BCUT2D eigenvalue weighted by atomic mass is 32.2. The maximum atomic E-state index is 12.4. The van der Waals surface area contributed by atoms with Crippen molar-refractivity contribution in [3.05, 3.63) is 27.5 Å². The lowest BCUT2D eigenvalue weighted by molar-refractivity contribution is -0.131. The maximum absolute atomic E-state index is 12.4. The van der Waals surface area contributed by atoms with E-state index in [4.69, 9.17) is 5.11 Å². The fourth-order valence-corrected chi connectivity index (χ4v) is 3.41. The van der Waals surface area contributed by atoms with Crippen molar-refractivity contribution in [1.82, 2.24) is 4.90 Å². The zero-order chi connectivity index (χ0) is 16.0.